The minimum absolute atomic E-state index is 0.0763. The quantitative estimate of drug-likeness (QED) is 0.491. The van der Waals surface area contributed by atoms with Gasteiger partial charge in [-0.25, -0.2) is 23.5 Å². The van der Waals surface area contributed by atoms with Crippen molar-refractivity contribution in [2.75, 3.05) is 0 Å². The fourth-order valence-electron chi connectivity index (χ4n) is 4.43. The molecule has 0 saturated carbocycles. The normalized spacial score (nSPS) is 21.9. The monoisotopic (exact) mass is 361 g/mol. The fourth-order valence-corrected chi connectivity index (χ4v) is 7.69. The van der Waals surface area contributed by atoms with E-state index in [1.54, 1.807) is 21.5 Å². The molecular formula is C20H19N3O2Si. The molecule has 6 rings (SSSR count). The van der Waals surface area contributed by atoms with Crippen LogP contribution in [-0.2, 0) is 0 Å². The first-order chi connectivity index (χ1) is 12.5. The van der Waals surface area contributed by atoms with E-state index < -0.39 is 8.07 Å². The molecule has 3 aromatic rings. The van der Waals surface area contributed by atoms with Gasteiger partial charge in [0.25, 0.3) is 0 Å². The lowest BCUT2D eigenvalue weighted by atomic mass is 10.1. The van der Waals surface area contributed by atoms with E-state index in [0.717, 1.165) is 5.56 Å². The highest BCUT2D eigenvalue weighted by molar-refractivity contribution is 6.91. The maximum atomic E-state index is 13.3. The van der Waals surface area contributed by atoms with E-state index in [0.29, 0.717) is 5.69 Å². The zero-order chi connectivity index (χ0) is 18.1. The summed E-state index contributed by atoms with van der Waals surface area (Å²) in [5, 5.41) is 1.32. The highest BCUT2D eigenvalue weighted by atomic mass is 28.3. The van der Waals surface area contributed by atoms with E-state index in [2.05, 4.69) is 43.4 Å². The van der Waals surface area contributed by atoms with Crippen LogP contribution in [0.4, 0.5) is 0 Å². The standard InChI is InChI=1S/C20H19N3O2Si/c1-26(2)17-11-7-6-10-15(17)16-12-13-18(26)23-20(25)21(19(24)22(16)23)14-8-4-3-5-9-14/h3-13,16,18H,1-2H3/t16-,18-/m0/s1. The minimum Gasteiger partial charge on any atom is -0.245 e. The molecule has 2 atom stereocenters. The summed E-state index contributed by atoms with van der Waals surface area (Å²) in [7, 11) is -2.04. The number of rotatable bonds is 1. The molecule has 5 nitrogen and oxygen atoms in total. The van der Waals surface area contributed by atoms with Crippen molar-refractivity contribution >= 4 is 13.3 Å². The number of allylic oxidation sites excluding steroid dienone is 2. The Kier molecular flexibility index (Phi) is 3.01. The van der Waals surface area contributed by atoms with Crippen molar-refractivity contribution in [3.05, 3.63) is 93.3 Å². The fraction of sp³-hybridized carbons (Fsp3) is 0.200. The maximum absolute atomic E-state index is 13.3. The minimum atomic E-state index is -2.04. The second-order valence-electron chi connectivity index (χ2n) is 7.51. The van der Waals surface area contributed by atoms with Crippen LogP contribution < -0.4 is 16.6 Å². The smallest absolute Gasteiger partial charge is 0.245 e. The third kappa shape index (κ3) is 1.79. The van der Waals surface area contributed by atoms with Gasteiger partial charge in [0, 0.05) is 0 Å². The van der Waals surface area contributed by atoms with E-state index in [1.165, 1.54) is 9.75 Å². The van der Waals surface area contributed by atoms with Gasteiger partial charge in [0.1, 0.15) is 8.07 Å². The topological polar surface area (TPSA) is 48.9 Å². The van der Waals surface area contributed by atoms with E-state index in [4.69, 9.17) is 0 Å². The second kappa shape index (κ2) is 5.08. The molecule has 3 aliphatic rings. The molecule has 4 heterocycles. The van der Waals surface area contributed by atoms with E-state index in [-0.39, 0.29) is 23.1 Å². The lowest BCUT2D eigenvalue weighted by Gasteiger charge is -2.31. The van der Waals surface area contributed by atoms with Gasteiger partial charge in [-0.05, 0) is 17.7 Å². The average molecular weight is 361 g/mol. The first-order valence-electron chi connectivity index (χ1n) is 8.81. The van der Waals surface area contributed by atoms with Gasteiger partial charge >= 0.3 is 11.4 Å². The Hall–Kier alpha value is -2.86. The van der Waals surface area contributed by atoms with Gasteiger partial charge in [-0.15, -0.1) is 0 Å². The van der Waals surface area contributed by atoms with Crippen LogP contribution in [0.3, 0.4) is 0 Å². The molecule has 0 amide bonds. The molecule has 2 bridgehead atoms. The summed E-state index contributed by atoms with van der Waals surface area (Å²) in [4.78, 5) is 26.6. The van der Waals surface area contributed by atoms with Crippen molar-refractivity contribution in [1.29, 1.82) is 0 Å². The zero-order valence-corrected chi connectivity index (χ0v) is 15.7. The van der Waals surface area contributed by atoms with Crippen molar-refractivity contribution in [3.8, 4) is 5.69 Å². The van der Waals surface area contributed by atoms with Gasteiger partial charge in [-0.2, -0.15) is 0 Å². The molecule has 0 N–H and O–H groups in total. The van der Waals surface area contributed by atoms with Crippen LogP contribution in [-0.4, -0.2) is 22.0 Å². The predicted molar refractivity (Wildman–Crippen MR) is 104 cm³/mol. The molecule has 0 fully saturated rings. The van der Waals surface area contributed by atoms with Crippen molar-refractivity contribution in [1.82, 2.24) is 13.9 Å². The van der Waals surface area contributed by atoms with Crippen LogP contribution in [0.2, 0.25) is 13.1 Å². The lowest BCUT2D eigenvalue weighted by Crippen LogP contribution is -2.51. The van der Waals surface area contributed by atoms with Gasteiger partial charge in [0.2, 0.25) is 0 Å². The van der Waals surface area contributed by atoms with Crippen molar-refractivity contribution in [3.63, 3.8) is 0 Å². The molecule has 6 heteroatoms. The third-order valence-electron chi connectivity index (χ3n) is 5.74. The van der Waals surface area contributed by atoms with Gasteiger partial charge in [0.05, 0.1) is 17.4 Å². The molecule has 0 saturated heterocycles. The van der Waals surface area contributed by atoms with Crippen LogP contribution in [0.1, 0.15) is 17.3 Å². The number of benzene rings is 2. The van der Waals surface area contributed by atoms with Crippen LogP contribution >= 0.6 is 0 Å². The Morgan fingerprint density at radius 3 is 2.23 bits per heavy atom. The molecule has 3 aliphatic heterocycles. The predicted octanol–water partition coefficient (Wildman–Crippen LogP) is 1.97. The van der Waals surface area contributed by atoms with Gasteiger partial charge < -0.3 is 0 Å². The molecule has 0 unspecified atom stereocenters. The largest absolute Gasteiger partial charge is 0.352 e. The lowest BCUT2D eigenvalue weighted by molar-refractivity contribution is 0.428. The number of hydrogen-bond acceptors (Lipinski definition) is 2. The molecule has 0 spiro atoms. The highest BCUT2D eigenvalue weighted by Crippen LogP contribution is 2.35. The van der Waals surface area contributed by atoms with Crippen molar-refractivity contribution in [2.24, 2.45) is 0 Å². The van der Waals surface area contributed by atoms with Crippen LogP contribution in [0.25, 0.3) is 5.69 Å². The Labute approximate surface area is 151 Å². The van der Waals surface area contributed by atoms with E-state index in [9.17, 15) is 9.59 Å². The number of aromatic nitrogens is 3. The Morgan fingerprint density at radius 2 is 1.46 bits per heavy atom. The molecule has 0 radical (unpaired) electrons. The van der Waals surface area contributed by atoms with E-state index >= 15 is 0 Å². The summed E-state index contributed by atoms with van der Waals surface area (Å²) < 4.78 is 4.65. The summed E-state index contributed by atoms with van der Waals surface area (Å²) in [5.74, 6) is 0. The summed E-state index contributed by atoms with van der Waals surface area (Å²) in [6, 6.07) is 17.3. The van der Waals surface area contributed by atoms with Crippen LogP contribution in [0.15, 0.2) is 76.3 Å². The van der Waals surface area contributed by atoms with Crippen molar-refractivity contribution < 1.29 is 0 Å². The Bertz CT molecular complexity index is 1170. The molecule has 1 aromatic heterocycles. The number of hydrogen-bond donors (Lipinski definition) is 0. The summed E-state index contributed by atoms with van der Waals surface area (Å²) in [6.07, 6.45) is 4.22. The average Bonchev–Trinajstić information content (AvgIpc) is 2.82. The molecular weight excluding hydrogens is 342 g/mol. The van der Waals surface area contributed by atoms with Crippen molar-refractivity contribution in [2.45, 2.75) is 24.8 Å². The molecule has 2 aromatic carbocycles. The molecule has 26 heavy (non-hydrogen) atoms. The van der Waals surface area contributed by atoms with Crippen LogP contribution in [0.5, 0.6) is 0 Å². The first-order valence-corrected chi connectivity index (χ1v) is 11.9. The summed E-state index contributed by atoms with van der Waals surface area (Å²) in [5.41, 5.74) is 1.15. The molecule has 0 aliphatic carbocycles. The highest BCUT2D eigenvalue weighted by Gasteiger charge is 2.45. The third-order valence-corrected chi connectivity index (χ3v) is 9.50. The number of para-hydroxylation sites is 1. The summed E-state index contributed by atoms with van der Waals surface area (Å²) >= 11 is 0. The SMILES string of the molecule is C[Si]1(C)c2ccccc2[C@@H]2C=C[C@H]1n1c(=O)n(-c3ccccc3)c(=O)n12. The first kappa shape index (κ1) is 15.4. The summed E-state index contributed by atoms with van der Waals surface area (Å²) in [6.45, 7) is 4.55. The second-order valence-corrected chi connectivity index (χ2v) is 12.1. The maximum Gasteiger partial charge on any atom is 0.352 e. The number of nitrogens with zero attached hydrogens (tertiary/aromatic N) is 3. The van der Waals surface area contributed by atoms with Gasteiger partial charge in [0.15, 0.2) is 0 Å². The zero-order valence-electron chi connectivity index (χ0n) is 14.7. The van der Waals surface area contributed by atoms with Gasteiger partial charge in [-0.1, -0.05) is 72.9 Å². The van der Waals surface area contributed by atoms with Crippen LogP contribution in [0, 0.1) is 0 Å². The molecule has 130 valence electrons. The Morgan fingerprint density at radius 1 is 0.808 bits per heavy atom. The Balaban J connectivity index is 1.89. The van der Waals surface area contributed by atoms with Gasteiger partial charge in [-0.3, -0.25) is 0 Å². The van der Waals surface area contributed by atoms with E-state index in [1.807, 2.05) is 24.3 Å².